The number of benzene rings is 1. The first-order valence-corrected chi connectivity index (χ1v) is 8.24. The van der Waals surface area contributed by atoms with Crippen LogP contribution in [0.2, 0.25) is 0 Å². The molecule has 0 unspecified atom stereocenters. The molecule has 24 heavy (non-hydrogen) atoms. The van der Waals surface area contributed by atoms with Gasteiger partial charge in [-0.3, -0.25) is 14.5 Å². The third-order valence-electron chi connectivity index (χ3n) is 3.95. The molecule has 0 bridgehead atoms. The number of Topliss-reactive ketones (excluding diaryl/α,β-unsaturated/α-hetero) is 1. The van der Waals surface area contributed by atoms with E-state index in [1.54, 1.807) is 12.1 Å². The average Bonchev–Trinajstić information content (AvgIpc) is 2.46. The Balaban J connectivity index is 1.91. The van der Waals surface area contributed by atoms with E-state index in [9.17, 15) is 14.0 Å². The Morgan fingerprint density at radius 1 is 1.17 bits per heavy atom. The Morgan fingerprint density at radius 3 is 2.29 bits per heavy atom. The molecule has 0 aliphatic carbocycles. The lowest BCUT2D eigenvalue weighted by Crippen LogP contribution is -2.52. The number of carbonyl (C=O) groups is 2. The summed E-state index contributed by atoms with van der Waals surface area (Å²) < 4.78 is 14.2. The van der Waals surface area contributed by atoms with Crippen molar-refractivity contribution in [2.24, 2.45) is 0 Å². The molecule has 1 saturated heterocycles. The maximum absolute atomic E-state index is 14.2. The van der Waals surface area contributed by atoms with Crippen LogP contribution in [0.25, 0.3) is 0 Å². The molecule has 1 aliphatic heterocycles. The first-order valence-electron chi connectivity index (χ1n) is 8.24. The molecule has 1 heterocycles. The Hall–Kier alpha value is -1.95. The molecule has 1 aromatic rings. The number of halogens is 1. The zero-order valence-corrected chi connectivity index (χ0v) is 14.9. The van der Waals surface area contributed by atoms with Crippen LogP contribution in [0.15, 0.2) is 18.2 Å². The number of ketones is 1. The molecule has 0 spiro atoms. The third kappa shape index (κ3) is 5.03. The van der Waals surface area contributed by atoms with Gasteiger partial charge in [0.2, 0.25) is 5.91 Å². The highest BCUT2D eigenvalue weighted by molar-refractivity contribution is 5.94. The van der Waals surface area contributed by atoms with Crippen LogP contribution in [0.4, 0.5) is 10.1 Å². The molecule has 1 amide bonds. The van der Waals surface area contributed by atoms with Crippen LogP contribution in [0.1, 0.15) is 38.1 Å². The van der Waals surface area contributed by atoms with Gasteiger partial charge in [-0.15, -0.1) is 0 Å². The molecule has 0 radical (unpaired) electrons. The minimum atomic E-state index is -0.373. The van der Waals surface area contributed by atoms with Crippen molar-refractivity contribution in [2.75, 3.05) is 37.6 Å². The summed E-state index contributed by atoms with van der Waals surface area (Å²) in [6, 6.07) is 4.61. The van der Waals surface area contributed by atoms with Gasteiger partial charge >= 0.3 is 0 Å². The van der Waals surface area contributed by atoms with Crippen LogP contribution >= 0.6 is 0 Å². The van der Waals surface area contributed by atoms with Crippen molar-refractivity contribution in [1.29, 1.82) is 0 Å². The highest BCUT2D eigenvalue weighted by Crippen LogP contribution is 2.22. The number of carbonyl (C=O) groups excluding carboxylic acids is 2. The summed E-state index contributed by atoms with van der Waals surface area (Å²) in [7, 11) is 0. The first-order chi connectivity index (χ1) is 11.2. The maximum Gasteiger partial charge on any atom is 0.234 e. The molecular formula is C18H26FN3O2. The number of hydrogen-bond donors (Lipinski definition) is 1. The summed E-state index contributed by atoms with van der Waals surface area (Å²) in [5.74, 6) is -0.510. The summed E-state index contributed by atoms with van der Waals surface area (Å²) >= 11 is 0. The van der Waals surface area contributed by atoms with Crippen molar-refractivity contribution in [3.05, 3.63) is 29.6 Å². The number of hydrogen-bond acceptors (Lipinski definition) is 4. The monoisotopic (exact) mass is 335 g/mol. The maximum atomic E-state index is 14.2. The lowest BCUT2D eigenvalue weighted by atomic mass is 10.1. The van der Waals surface area contributed by atoms with Gasteiger partial charge in [-0.1, -0.05) is 0 Å². The van der Waals surface area contributed by atoms with E-state index in [1.165, 1.54) is 13.0 Å². The predicted molar refractivity (Wildman–Crippen MR) is 93.0 cm³/mol. The number of nitrogens with zero attached hydrogens (tertiary/aromatic N) is 2. The van der Waals surface area contributed by atoms with E-state index in [-0.39, 0.29) is 23.0 Å². The fourth-order valence-corrected chi connectivity index (χ4v) is 2.79. The van der Waals surface area contributed by atoms with Gasteiger partial charge in [0.1, 0.15) is 5.82 Å². The van der Waals surface area contributed by atoms with Gasteiger partial charge in [-0.2, -0.15) is 0 Å². The van der Waals surface area contributed by atoms with Crippen LogP contribution in [-0.4, -0.2) is 54.9 Å². The third-order valence-corrected chi connectivity index (χ3v) is 3.95. The molecule has 1 N–H and O–H groups in total. The Labute approximate surface area is 142 Å². The lowest BCUT2D eigenvalue weighted by molar-refractivity contribution is -0.123. The normalized spacial score (nSPS) is 16.1. The Morgan fingerprint density at radius 2 is 1.79 bits per heavy atom. The van der Waals surface area contributed by atoms with Gasteiger partial charge < -0.3 is 10.2 Å². The number of nitrogens with one attached hydrogen (secondary N) is 1. The molecule has 0 saturated carbocycles. The van der Waals surface area contributed by atoms with Crippen LogP contribution in [0, 0.1) is 5.82 Å². The van der Waals surface area contributed by atoms with E-state index in [2.05, 4.69) is 10.2 Å². The second-order valence-corrected chi connectivity index (χ2v) is 7.28. The zero-order valence-electron chi connectivity index (χ0n) is 14.9. The van der Waals surface area contributed by atoms with E-state index in [4.69, 9.17) is 0 Å². The Kier molecular flexibility index (Phi) is 5.59. The van der Waals surface area contributed by atoms with Gasteiger partial charge in [0.15, 0.2) is 5.78 Å². The van der Waals surface area contributed by atoms with E-state index in [0.717, 1.165) is 0 Å². The van der Waals surface area contributed by atoms with E-state index in [0.29, 0.717) is 44.0 Å². The molecular weight excluding hydrogens is 309 g/mol. The topological polar surface area (TPSA) is 52.7 Å². The SMILES string of the molecule is CC(=O)c1ccc(N2CCN(CC(=O)NC(C)(C)C)CC2)c(F)c1. The molecule has 1 aliphatic rings. The van der Waals surface area contributed by atoms with Crippen molar-refractivity contribution in [2.45, 2.75) is 33.2 Å². The molecule has 132 valence electrons. The fourth-order valence-electron chi connectivity index (χ4n) is 2.79. The smallest absolute Gasteiger partial charge is 0.234 e. The van der Waals surface area contributed by atoms with Crippen molar-refractivity contribution in [3.63, 3.8) is 0 Å². The van der Waals surface area contributed by atoms with E-state index < -0.39 is 0 Å². The number of anilines is 1. The van der Waals surface area contributed by atoms with Gasteiger partial charge in [0, 0.05) is 37.3 Å². The zero-order chi connectivity index (χ0) is 17.9. The van der Waals surface area contributed by atoms with E-state index in [1.807, 2.05) is 25.7 Å². The minimum Gasteiger partial charge on any atom is -0.367 e. The van der Waals surface area contributed by atoms with Crippen molar-refractivity contribution >= 4 is 17.4 Å². The Bertz CT molecular complexity index is 617. The minimum absolute atomic E-state index is 0.00735. The molecule has 1 aromatic carbocycles. The predicted octanol–water partition coefficient (Wildman–Crippen LogP) is 2.06. The van der Waals surface area contributed by atoms with E-state index >= 15 is 0 Å². The quantitative estimate of drug-likeness (QED) is 0.856. The number of rotatable bonds is 4. The van der Waals surface area contributed by atoms with Crippen LogP contribution in [0.3, 0.4) is 0 Å². The molecule has 1 fully saturated rings. The number of amides is 1. The van der Waals surface area contributed by atoms with Crippen molar-refractivity contribution < 1.29 is 14.0 Å². The summed E-state index contributed by atoms with van der Waals surface area (Å²) in [6.07, 6.45) is 0. The van der Waals surface area contributed by atoms with Crippen molar-refractivity contribution in [3.8, 4) is 0 Å². The number of piperazine rings is 1. The average molecular weight is 335 g/mol. The van der Waals surface area contributed by atoms with Crippen LogP contribution in [0.5, 0.6) is 0 Å². The molecule has 0 aromatic heterocycles. The summed E-state index contributed by atoms with van der Waals surface area (Å²) in [4.78, 5) is 27.3. The highest BCUT2D eigenvalue weighted by Gasteiger charge is 2.22. The first kappa shape index (κ1) is 18.4. The van der Waals surface area contributed by atoms with Crippen molar-refractivity contribution in [1.82, 2.24) is 10.2 Å². The van der Waals surface area contributed by atoms with Gasteiger partial charge in [0.25, 0.3) is 0 Å². The molecule has 6 heteroatoms. The fraction of sp³-hybridized carbons (Fsp3) is 0.556. The standard InChI is InChI=1S/C18H26FN3O2/c1-13(23)14-5-6-16(15(19)11-14)22-9-7-21(8-10-22)12-17(24)20-18(2,3)4/h5-6,11H,7-10,12H2,1-4H3,(H,20,24). The van der Waals surface area contributed by atoms with Crippen LogP contribution < -0.4 is 10.2 Å². The second kappa shape index (κ2) is 7.30. The van der Waals surface area contributed by atoms with Gasteiger partial charge in [-0.25, -0.2) is 4.39 Å². The summed E-state index contributed by atoms with van der Waals surface area (Å²) in [5.41, 5.74) is 0.660. The summed E-state index contributed by atoms with van der Waals surface area (Å²) in [6.45, 7) is 10.4. The highest BCUT2D eigenvalue weighted by atomic mass is 19.1. The van der Waals surface area contributed by atoms with Gasteiger partial charge in [0.05, 0.1) is 12.2 Å². The van der Waals surface area contributed by atoms with Crippen LogP contribution in [-0.2, 0) is 4.79 Å². The molecule has 2 rings (SSSR count). The molecule has 5 nitrogen and oxygen atoms in total. The van der Waals surface area contributed by atoms with Gasteiger partial charge in [-0.05, 0) is 45.9 Å². The summed E-state index contributed by atoms with van der Waals surface area (Å²) in [5, 5.41) is 2.95. The molecule has 0 atom stereocenters. The largest absolute Gasteiger partial charge is 0.367 e. The lowest BCUT2D eigenvalue weighted by Gasteiger charge is -2.36. The second-order valence-electron chi connectivity index (χ2n) is 7.28.